The highest BCUT2D eigenvalue weighted by Gasteiger charge is 2.48. The summed E-state index contributed by atoms with van der Waals surface area (Å²) in [5.41, 5.74) is 8.73. The van der Waals surface area contributed by atoms with Gasteiger partial charge in [0.25, 0.3) is 0 Å². The Morgan fingerprint density at radius 1 is 1.40 bits per heavy atom. The minimum absolute atomic E-state index is 0.0569. The van der Waals surface area contributed by atoms with Crippen molar-refractivity contribution in [2.45, 2.75) is 39.3 Å². The van der Waals surface area contributed by atoms with Crippen LogP contribution in [0.5, 0.6) is 0 Å². The van der Waals surface area contributed by atoms with E-state index < -0.39 is 0 Å². The molecule has 20 heavy (non-hydrogen) atoms. The maximum Gasteiger partial charge on any atom is 0.0547 e. The van der Waals surface area contributed by atoms with Gasteiger partial charge in [-0.3, -0.25) is 9.88 Å². The molecule has 0 aliphatic carbocycles. The highest BCUT2D eigenvalue weighted by atomic mass is 32.2. The minimum Gasteiger partial charge on any atom is -0.329 e. The molecule has 2 heterocycles. The summed E-state index contributed by atoms with van der Waals surface area (Å²) in [6.45, 7) is 8.33. The molecule has 1 aromatic heterocycles. The van der Waals surface area contributed by atoms with E-state index in [-0.39, 0.29) is 11.0 Å². The van der Waals surface area contributed by atoms with Crippen LogP contribution in [0.3, 0.4) is 0 Å². The van der Waals surface area contributed by atoms with Crippen molar-refractivity contribution in [3.05, 3.63) is 29.6 Å². The van der Waals surface area contributed by atoms with Crippen LogP contribution in [0.1, 0.15) is 31.7 Å². The Morgan fingerprint density at radius 2 is 2.15 bits per heavy atom. The van der Waals surface area contributed by atoms with Crippen LogP contribution in [-0.4, -0.2) is 40.5 Å². The second kappa shape index (κ2) is 6.04. The molecule has 1 atom stereocenters. The molecule has 2 rings (SSSR count). The number of hydrogen-bond donors (Lipinski definition) is 1. The maximum atomic E-state index is 6.22. The van der Waals surface area contributed by atoms with Gasteiger partial charge in [-0.1, -0.05) is 19.9 Å². The highest BCUT2D eigenvalue weighted by Crippen LogP contribution is 2.45. The summed E-state index contributed by atoms with van der Waals surface area (Å²) in [4.78, 5) is 7.06. The summed E-state index contributed by atoms with van der Waals surface area (Å²) in [5, 5.41) is 0. The fourth-order valence-corrected chi connectivity index (χ4v) is 5.06. The lowest BCUT2D eigenvalue weighted by Crippen LogP contribution is -2.64. The lowest BCUT2D eigenvalue weighted by molar-refractivity contribution is 0.0140. The van der Waals surface area contributed by atoms with E-state index in [1.807, 2.05) is 24.8 Å². The van der Waals surface area contributed by atoms with E-state index in [1.165, 1.54) is 12.2 Å². The van der Waals surface area contributed by atoms with Gasteiger partial charge in [-0.2, -0.15) is 11.8 Å². The first-order chi connectivity index (χ1) is 9.41. The van der Waals surface area contributed by atoms with Crippen molar-refractivity contribution in [3.63, 3.8) is 0 Å². The van der Waals surface area contributed by atoms with Crippen LogP contribution < -0.4 is 5.73 Å². The van der Waals surface area contributed by atoms with Crippen LogP contribution in [-0.2, 0) is 6.54 Å². The fraction of sp³-hybridized carbons (Fsp3) is 0.688. The number of nitrogens with two attached hydrogens (primary N) is 1. The van der Waals surface area contributed by atoms with Crippen LogP contribution in [0.4, 0.5) is 0 Å². The molecule has 0 spiro atoms. The van der Waals surface area contributed by atoms with E-state index in [9.17, 15) is 0 Å². The average Bonchev–Trinajstić information content (AvgIpc) is 2.38. The normalized spacial score (nSPS) is 25.9. The van der Waals surface area contributed by atoms with Crippen molar-refractivity contribution in [2.24, 2.45) is 11.1 Å². The number of rotatable bonds is 4. The number of thioether (sulfide) groups is 1. The molecule has 0 radical (unpaired) electrons. The van der Waals surface area contributed by atoms with Crippen LogP contribution >= 0.6 is 11.8 Å². The van der Waals surface area contributed by atoms with Crippen molar-refractivity contribution in [3.8, 4) is 0 Å². The number of likely N-dealkylation sites (N-methyl/N-ethyl adjacent to an activating group) is 1. The van der Waals surface area contributed by atoms with Crippen LogP contribution in [0.15, 0.2) is 18.2 Å². The van der Waals surface area contributed by atoms with Crippen molar-refractivity contribution < 1.29 is 0 Å². The minimum atomic E-state index is 0.0569. The van der Waals surface area contributed by atoms with Gasteiger partial charge in [0.15, 0.2) is 0 Å². The van der Waals surface area contributed by atoms with E-state index in [4.69, 9.17) is 5.73 Å². The third-order valence-electron chi connectivity index (χ3n) is 4.89. The molecular formula is C16H27N3S. The van der Waals surface area contributed by atoms with Gasteiger partial charge < -0.3 is 5.73 Å². The molecule has 0 amide bonds. The second-order valence-electron chi connectivity index (χ2n) is 6.55. The lowest BCUT2D eigenvalue weighted by Gasteiger charge is -2.54. The molecule has 0 aromatic carbocycles. The summed E-state index contributed by atoms with van der Waals surface area (Å²) in [5.74, 6) is 2.35. The Labute approximate surface area is 127 Å². The number of aryl methyl sites for hydroxylation is 1. The van der Waals surface area contributed by atoms with Gasteiger partial charge >= 0.3 is 0 Å². The predicted molar refractivity (Wildman–Crippen MR) is 87.9 cm³/mol. The average molecular weight is 293 g/mol. The van der Waals surface area contributed by atoms with E-state index in [2.05, 4.69) is 42.9 Å². The van der Waals surface area contributed by atoms with Crippen LogP contribution in [0, 0.1) is 12.3 Å². The van der Waals surface area contributed by atoms with Gasteiger partial charge in [-0.25, -0.2) is 0 Å². The highest BCUT2D eigenvalue weighted by molar-refractivity contribution is 7.99. The molecule has 0 bridgehead atoms. The van der Waals surface area contributed by atoms with E-state index in [1.54, 1.807) is 0 Å². The zero-order chi connectivity index (χ0) is 14.8. The maximum absolute atomic E-state index is 6.22. The zero-order valence-electron chi connectivity index (χ0n) is 13.1. The predicted octanol–water partition coefficient (Wildman–Crippen LogP) is 2.68. The Morgan fingerprint density at radius 3 is 2.75 bits per heavy atom. The van der Waals surface area contributed by atoms with Crippen LogP contribution in [0.25, 0.3) is 0 Å². The van der Waals surface area contributed by atoms with Crippen molar-refractivity contribution >= 4 is 11.8 Å². The third-order valence-corrected chi connectivity index (χ3v) is 6.06. The molecule has 1 saturated heterocycles. The lowest BCUT2D eigenvalue weighted by atomic mass is 9.70. The number of aromatic nitrogens is 1. The molecule has 1 unspecified atom stereocenters. The summed E-state index contributed by atoms with van der Waals surface area (Å²) in [7, 11) is 2.20. The van der Waals surface area contributed by atoms with E-state index in [0.29, 0.717) is 6.54 Å². The standard InChI is InChI=1S/C16H27N3S/c1-13-6-5-7-14(18-13)10-19(4)16(11-17)12-20-9-8-15(16,2)3/h5-7H,8-12,17H2,1-4H3. The summed E-state index contributed by atoms with van der Waals surface area (Å²) >= 11 is 2.03. The van der Waals surface area contributed by atoms with Crippen LogP contribution in [0.2, 0.25) is 0 Å². The molecule has 112 valence electrons. The SMILES string of the molecule is Cc1cccc(CN(C)C2(CN)CSCCC2(C)C)n1. The summed E-state index contributed by atoms with van der Waals surface area (Å²) in [6, 6.07) is 6.24. The summed E-state index contributed by atoms with van der Waals surface area (Å²) in [6.07, 6.45) is 1.22. The van der Waals surface area contributed by atoms with Crippen molar-refractivity contribution in [2.75, 3.05) is 25.1 Å². The largest absolute Gasteiger partial charge is 0.329 e. The molecule has 1 aliphatic rings. The molecule has 1 aromatic rings. The number of nitrogens with zero attached hydrogens (tertiary/aromatic N) is 2. The van der Waals surface area contributed by atoms with Gasteiger partial charge in [0.2, 0.25) is 0 Å². The molecule has 0 saturated carbocycles. The van der Waals surface area contributed by atoms with Crippen molar-refractivity contribution in [1.82, 2.24) is 9.88 Å². The van der Waals surface area contributed by atoms with Gasteiger partial charge in [0.05, 0.1) is 5.69 Å². The summed E-state index contributed by atoms with van der Waals surface area (Å²) < 4.78 is 0. The Kier molecular flexibility index (Phi) is 4.77. The topological polar surface area (TPSA) is 42.1 Å². The molecule has 4 heteroatoms. The first-order valence-electron chi connectivity index (χ1n) is 7.33. The molecule has 2 N–H and O–H groups in total. The van der Waals surface area contributed by atoms with E-state index in [0.717, 1.165) is 23.7 Å². The molecule has 1 fully saturated rings. The first kappa shape index (κ1) is 15.8. The fourth-order valence-electron chi connectivity index (χ4n) is 3.20. The zero-order valence-corrected chi connectivity index (χ0v) is 14.0. The van der Waals surface area contributed by atoms with Gasteiger partial charge in [-0.05, 0) is 43.7 Å². The Hall–Kier alpha value is -0.580. The number of hydrogen-bond acceptors (Lipinski definition) is 4. The quantitative estimate of drug-likeness (QED) is 0.927. The Balaban J connectivity index is 2.22. The first-order valence-corrected chi connectivity index (χ1v) is 8.48. The third kappa shape index (κ3) is 2.87. The van der Waals surface area contributed by atoms with Crippen molar-refractivity contribution in [1.29, 1.82) is 0 Å². The number of pyridine rings is 1. The molecule has 3 nitrogen and oxygen atoms in total. The molecular weight excluding hydrogens is 266 g/mol. The second-order valence-corrected chi connectivity index (χ2v) is 7.65. The van der Waals surface area contributed by atoms with E-state index >= 15 is 0 Å². The monoisotopic (exact) mass is 293 g/mol. The van der Waals surface area contributed by atoms with Gasteiger partial charge in [-0.15, -0.1) is 0 Å². The van der Waals surface area contributed by atoms with Gasteiger partial charge in [0.1, 0.15) is 0 Å². The van der Waals surface area contributed by atoms with Gasteiger partial charge in [0, 0.05) is 30.1 Å². The smallest absolute Gasteiger partial charge is 0.0547 e. The molecule has 1 aliphatic heterocycles. The Bertz CT molecular complexity index is 461.